The number of imide groups is 1. The highest BCUT2D eigenvalue weighted by Crippen LogP contribution is 2.32. The van der Waals surface area contributed by atoms with Gasteiger partial charge in [-0.15, -0.1) is 0 Å². The standard InChI is InChI=1S/C23H32N2O4/c1-4-16(3)24(22(27)17-9-7-6-8-10-17)20-15-21(26)25(23(20)28)18-11-13-19(14-12-18)29-5-2/h11-14,16-17,20H,4-10,15H2,1-3H3. The third-order valence-electron chi connectivity index (χ3n) is 6.14. The number of nitrogens with zero attached hydrogens (tertiary/aromatic N) is 2. The van der Waals surface area contributed by atoms with Crippen molar-refractivity contribution in [1.29, 1.82) is 0 Å². The van der Waals surface area contributed by atoms with Crippen molar-refractivity contribution >= 4 is 23.4 Å². The fraction of sp³-hybridized carbons (Fsp3) is 0.609. The number of hydrogen-bond acceptors (Lipinski definition) is 4. The molecule has 0 bridgehead atoms. The number of anilines is 1. The Balaban J connectivity index is 1.83. The number of rotatable bonds is 7. The van der Waals surface area contributed by atoms with Gasteiger partial charge in [-0.1, -0.05) is 26.2 Å². The first kappa shape index (κ1) is 21.3. The van der Waals surface area contributed by atoms with E-state index in [0.717, 1.165) is 32.1 Å². The van der Waals surface area contributed by atoms with Gasteiger partial charge >= 0.3 is 0 Å². The van der Waals surface area contributed by atoms with Crippen LogP contribution >= 0.6 is 0 Å². The Bertz CT molecular complexity index is 740. The van der Waals surface area contributed by atoms with Gasteiger partial charge in [-0.05, 0) is 57.4 Å². The molecule has 1 aromatic carbocycles. The number of ether oxygens (including phenoxy) is 1. The topological polar surface area (TPSA) is 66.9 Å². The molecule has 0 spiro atoms. The van der Waals surface area contributed by atoms with Crippen LogP contribution in [0.3, 0.4) is 0 Å². The zero-order chi connectivity index (χ0) is 21.0. The summed E-state index contributed by atoms with van der Waals surface area (Å²) in [5.41, 5.74) is 0.528. The molecule has 1 aromatic rings. The lowest BCUT2D eigenvalue weighted by Gasteiger charge is -2.36. The Morgan fingerprint density at radius 2 is 1.79 bits per heavy atom. The molecule has 158 valence electrons. The molecule has 6 heteroatoms. The van der Waals surface area contributed by atoms with Crippen molar-refractivity contribution in [3.05, 3.63) is 24.3 Å². The van der Waals surface area contributed by atoms with Crippen LogP contribution in [0.15, 0.2) is 24.3 Å². The Morgan fingerprint density at radius 3 is 2.38 bits per heavy atom. The SMILES string of the molecule is CCOc1ccc(N2C(=O)CC(N(C(=O)C3CCCCC3)C(C)CC)C2=O)cc1. The zero-order valence-corrected chi connectivity index (χ0v) is 17.7. The third kappa shape index (κ3) is 4.46. The summed E-state index contributed by atoms with van der Waals surface area (Å²) < 4.78 is 5.44. The average Bonchev–Trinajstić information content (AvgIpc) is 3.03. The first-order valence-corrected chi connectivity index (χ1v) is 10.9. The molecule has 1 aliphatic heterocycles. The summed E-state index contributed by atoms with van der Waals surface area (Å²) in [4.78, 5) is 42.3. The van der Waals surface area contributed by atoms with E-state index in [9.17, 15) is 14.4 Å². The molecule has 1 aliphatic carbocycles. The molecule has 3 rings (SSSR count). The van der Waals surface area contributed by atoms with Crippen molar-refractivity contribution < 1.29 is 19.1 Å². The van der Waals surface area contributed by atoms with Gasteiger partial charge in [0.1, 0.15) is 11.8 Å². The van der Waals surface area contributed by atoms with Crippen LogP contribution in [-0.4, -0.2) is 41.3 Å². The van der Waals surface area contributed by atoms with Gasteiger partial charge in [0, 0.05) is 12.0 Å². The lowest BCUT2D eigenvalue weighted by atomic mass is 9.87. The van der Waals surface area contributed by atoms with Crippen molar-refractivity contribution in [2.75, 3.05) is 11.5 Å². The minimum atomic E-state index is -0.710. The second kappa shape index (κ2) is 9.42. The van der Waals surface area contributed by atoms with E-state index in [1.54, 1.807) is 29.2 Å². The summed E-state index contributed by atoms with van der Waals surface area (Å²) in [6.45, 7) is 6.43. The molecule has 2 unspecified atom stereocenters. The van der Waals surface area contributed by atoms with E-state index in [-0.39, 0.29) is 36.1 Å². The summed E-state index contributed by atoms with van der Waals surface area (Å²) >= 11 is 0. The van der Waals surface area contributed by atoms with Crippen LogP contribution in [0.1, 0.15) is 65.7 Å². The van der Waals surface area contributed by atoms with Crippen molar-refractivity contribution in [1.82, 2.24) is 4.90 Å². The fourth-order valence-electron chi connectivity index (χ4n) is 4.40. The molecule has 3 amide bonds. The number of carbonyl (C=O) groups excluding carboxylic acids is 3. The smallest absolute Gasteiger partial charge is 0.257 e. The second-order valence-corrected chi connectivity index (χ2v) is 8.05. The van der Waals surface area contributed by atoms with Gasteiger partial charge < -0.3 is 9.64 Å². The fourth-order valence-corrected chi connectivity index (χ4v) is 4.40. The summed E-state index contributed by atoms with van der Waals surface area (Å²) in [7, 11) is 0. The van der Waals surface area contributed by atoms with Crippen LogP contribution in [0.5, 0.6) is 5.75 Å². The van der Waals surface area contributed by atoms with Crippen molar-refractivity contribution in [2.24, 2.45) is 5.92 Å². The van der Waals surface area contributed by atoms with Gasteiger partial charge in [-0.2, -0.15) is 0 Å². The first-order valence-electron chi connectivity index (χ1n) is 10.9. The van der Waals surface area contributed by atoms with E-state index >= 15 is 0 Å². The maximum Gasteiger partial charge on any atom is 0.257 e. The number of carbonyl (C=O) groups is 3. The maximum absolute atomic E-state index is 13.3. The molecule has 2 aliphatic rings. The van der Waals surface area contributed by atoms with E-state index in [0.29, 0.717) is 18.0 Å². The monoisotopic (exact) mass is 400 g/mol. The number of benzene rings is 1. The molecule has 0 radical (unpaired) electrons. The average molecular weight is 401 g/mol. The Morgan fingerprint density at radius 1 is 1.14 bits per heavy atom. The Kier molecular flexibility index (Phi) is 6.93. The van der Waals surface area contributed by atoms with Gasteiger partial charge in [0.25, 0.3) is 5.91 Å². The maximum atomic E-state index is 13.3. The van der Waals surface area contributed by atoms with E-state index in [1.165, 1.54) is 11.3 Å². The molecule has 1 saturated heterocycles. The summed E-state index contributed by atoms with van der Waals surface area (Å²) in [5.74, 6) is 0.150. The first-order chi connectivity index (χ1) is 14.0. The largest absolute Gasteiger partial charge is 0.494 e. The van der Waals surface area contributed by atoms with Crippen molar-refractivity contribution in [3.63, 3.8) is 0 Å². The second-order valence-electron chi connectivity index (χ2n) is 8.05. The van der Waals surface area contributed by atoms with E-state index < -0.39 is 6.04 Å². The Labute approximate surface area is 173 Å². The van der Waals surface area contributed by atoms with Crippen LogP contribution in [0.25, 0.3) is 0 Å². The van der Waals surface area contributed by atoms with Gasteiger partial charge in [0.2, 0.25) is 11.8 Å². The van der Waals surface area contributed by atoms with E-state index in [4.69, 9.17) is 4.74 Å². The Hall–Kier alpha value is -2.37. The van der Waals surface area contributed by atoms with Gasteiger partial charge in [-0.3, -0.25) is 14.4 Å². The molecule has 1 heterocycles. The predicted octanol–water partition coefficient (Wildman–Crippen LogP) is 3.92. The van der Waals surface area contributed by atoms with Crippen molar-refractivity contribution in [3.8, 4) is 5.75 Å². The highest BCUT2D eigenvalue weighted by molar-refractivity contribution is 6.23. The highest BCUT2D eigenvalue weighted by atomic mass is 16.5. The molecule has 2 atom stereocenters. The van der Waals surface area contributed by atoms with Crippen LogP contribution in [0.2, 0.25) is 0 Å². The molecule has 2 fully saturated rings. The van der Waals surface area contributed by atoms with Crippen molar-refractivity contribution in [2.45, 2.75) is 77.8 Å². The summed E-state index contributed by atoms with van der Waals surface area (Å²) in [5, 5.41) is 0. The molecule has 29 heavy (non-hydrogen) atoms. The summed E-state index contributed by atoms with van der Waals surface area (Å²) in [6.07, 6.45) is 5.83. The lowest BCUT2D eigenvalue weighted by molar-refractivity contribution is -0.145. The van der Waals surface area contributed by atoms with Gasteiger partial charge in [0.05, 0.1) is 18.7 Å². The van der Waals surface area contributed by atoms with E-state index in [1.807, 2.05) is 20.8 Å². The van der Waals surface area contributed by atoms with Crippen LogP contribution < -0.4 is 9.64 Å². The predicted molar refractivity (Wildman–Crippen MR) is 112 cm³/mol. The van der Waals surface area contributed by atoms with Crippen LogP contribution in [0, 0.1) is 5.92 Å². The third-order valence-corrected chi connectivity index (χ3v) is 6.14. The molecular formula is C23H32N2O4. The van der Waals surface area contributed by atoms with E-state index in [2.05, 4.69) is 0 Å². The van der Waals surface area contributed by atoms with Crippen LogP contribution in [-0.2, 0) is 14.4 Å². The number of amides is 3. The zero-order valence-electron chi connectivity index (χ0n) is 17.7. The molecule has 6 nitrogen and oxygen atoms in total. The molecular weight excluding hydrogens is 368 g/mol. The minimum Gasteiger partial charge on any atom is -0.494 e. The highest BCUT2D eigenvalue weighted by Gasteiger charge is 2.46. The van der Waals surface area contributed by atoms with Crippen LogP contribution in [0.4, 0.5) is 5.69 Å². The summed E-state index contributed by atoms with van der Waals surface area (Å²) in [6, 6.07) is 6.17. The minimum absolute atomic E-state index is 0.0276. The normalized spacial score (nSPS) is 21.3. The molecule has 1 saturated carbocycles. The van der Waals surface area contributed by atoms with Gasteiger partial charge in [-0.25, -0.2) is 4.90 Å². The molecule has 0 aromatic heterocycles. The number of hydrogen-bond donors (Lipinski definition) is 0. The molecule has 0 N–H and O–H groups in total. The quantitative estimate of drug-likeness (QED) is 0.651. The van der Waals surface area contributed by atoms with Gasteiger partial charge in [0.15, 0.2) is 0 Å². The lowest BCUT2D eigenvalue weighted by Crippen LogP contribution is -2.52.